The van der Waals surface area contributed by atoms with Crippen molar-refractivity contribution in [2.45, 2.75) is 33.0 Å². The number of aliphatic imine (C=N–C) groups is 1. The van der Waals surface area contributed by atoms with Crippen LogP contribution in [0.5, 0.6) is 0 Å². The first-order valence-corrected chi connectivity index (χ1v) is 6.19. The van der Waals surface area contributed by atoms with Crippen LogP contribution in [0.4, 0.5) is 0 Å². The van der Waals surface area contributed by atoms with Gasteiger partial charge < -0.3 is 15.4 Å². The fourth-order valence-electron chi connectivity index (χ4n) is 1.65. The SMILES string of the molecule is CN=C(NCc1cccc(COC)c1)NC(C)C.I. The van der Waals surface area contributed by atoms with E-state index in [2.05, 4.69) is 47.7 Å². The normalized spacial score (nSPS) is 11.1. The molecule has 0 atom stereocenters. The van der Waals surface area contributed by atoms with E-state index >= 15 is 0 Å². The van der Waals surface area contributed by atoms with Gasteiger partial charge in [-0.05, 0) is 25.0 Å². The van der Waals surface area contributed by atoms with E-state index in [4.69, 9.17) is 4.74 Å². The summed E-state index contributed by atoms with van der Waals surface area (Å²) in [5.41, 5.74) is 2.40. The van der Waals surface area contributed by atoms with Crippen molar-refractivity contribution >= 4 is 29.9 Å². The zero-order valence-electron chi connectivity index (χ0n) is 12.1. The number of benzene rings is 1. The lowest BCUT2D eigenvalue weighted by Gasteiger charge is -2.14. The van der Waals surface area contributed by atoms with Crippen LogP contribution in [0.2, 0.25) is 0 Å². The lowest BCUT2D eigenvalue weighted by molar-refractivity contribution is 0.185. The molecule has 5 heteroatoms. The van der Waals surface area contributed by atoms with Crippen LogP contribution in [0.25, 0.3) is 0 Å². The number of nitrogens with one attached hydrogen (secondary N) is 2. The highest BCUT2D eigenvalue weighted by molar-refractivity contribution is 14.0. The first kappa shape index (κ1) is 18.2. The van der Waals surface area contributed by atoms with Crippen molar-refractivity contribution in [3.05, 3.63) is 35.4 Å². The maximum Gasteiger partial charge on any atom is 0.191 e. The van der Waals surface area contributed by atoms with E-state index < -0.39 is 0 Å². The molecule has 0 saturated heterocycles. The van der Waals surface area contributed by atoms with Gasteiger partial charge in [-0.2, -0.15) is 0 Å². The zero-order chi connectivity index (χ0) is 13.4. The molecule has 0 unspecified atom stereocenters. The fraction of sp³-hybridized carbons (Fsp3) is 0.500. The smallest absolute Gasteiger partial charge is 0.191 e. The van der Waals surface area contributed by atoms with Crippen LogP contribution in [0.1, 0.15) is 25.0 Å². The predicted molar refractivity (Wildman–Crippen MR) is 91.0 cm³/mol. The van der Waals surface area contributed by atoms with Gasteiger partial charge in [-0.15, -0.1) is 24.0 Å². The molecule has 0 aliphatic heterocycles. The second-order valence-electron chi connectivity index (χ2n) is 4.48. The second-order valence-corrected chi connectivity index (χ2v) is 4.48. The van der Waals surface area contributed by atoms with Crippen molar-refractivity contribution in [3.63, 3.8) is 0 Å². The van der Waals surface area contributed by atoms with Crippen LogP contribution in [0.3, 0.4) is 0 Å². The van der Waals surface area contributed by atoms with E-state index in [0.29, 0.717) is 12.6 Å². The Hall–Kier alpha value is -0.820. The van der Waals surface area contributed by atoms with Gasteiger partial charge in [-0.1, -0.05) is 24.3 Å². The summed E-state index contributed by atoms with van der Waals surface area (Å²) in [6.07, 6.45) is 0. The summed E-state index contributed by atoms with van der Waals surface area (Å²) in [7, 11) is 3.48. The van der Waals surface area contributed by atoms with Crippen LogP contribution in [-0.2, 0) is 17.9 Å². The van der Waals surface area contributed by atoms with Crippen molar-refractivity contribution in [1.82, 2.24) is 10.6 Å². The molecule has 0 spiro atoms. The Bertz CT molecular complexity index is 394. The van der Waals surface area contributed by atoms with E-state index in [1.54, 1.807) is 14.2 Å². The largest absolute Gasteiger partial charge is 0.380 e. The Morgan fingerprint density at radius 3 is 2.58 bits per heavy atom. The molecule has 0 fully saturated rings. The molecule has 2 N–H and O–H groups in total. The summed E-state index contributed by atoms with van der Waals surface area (Å²) in [4.78, 5) is 4.17. The Morgan fingerprint density at radius 2 is 2.00 bits per heavy atom. The minimum atomic E-state index is 0. The number of methoxy groups -OCH3 is 1. The molecule has 1 rings (SSSR count). The monoisotopic (exact) mass is 377 g/mol. The van der Waals surface area contributed by atoms with Crippen LogP contribution in [0.15, 0.2) is 29.3 Å². The highest BCUT2D eigenvalue weighted by atomic mass is 127. The van der Waals surface area contributed by atoms with E-state index in [9.17, 15) is 0 Å². The number of hydrogen-bond acceptors (Lipinski definition) is 2. The summed E-state index contributed by atoms with van der Waals surface area (Å²) in [5, 5.41) is 6.54. The molecular weight excluding hydrogens is 353 g/mol. The van der Waals surface area contributed by atoms with Crippen LogP contribution >= 0.6 is 24.0 Å². The summed E-state index contributed by atoms with van der Waals surface area (Å²) in [5.74, 6) is 0.821. The summed E-state index contributed by atoms with van der Waals surface area (Å²) >= 11 is 0. The van der Waals surface area contributed by atoms with Crippen LogP contribution < -0.4 is 10.6 Å². The summed E-state index contributed by atoms with van der Waals surface area (Å²) < 4.78 is 5.13. The molecular formula is C14H24IN3O. The molecule has 0 aromatic heterocycles. The zero-order valence-corrected chi connectivity index (χ0v) is 14.4. The van der Waals surface area contributed by atoms with Crippen LogP contribution in [-0.4, -0.2) is 26.2 Å². The van der Waals surface area contributed by atoms with E-state index in [1.807, 2.05) is 6.07 Å². The van der Waals surface area contributed by atoms with Crippen molar-refractivity contribution in [1.29, 1.82) is 0 Å². The number of rotatable bonds is 5. The Kier molecular flexibility index (Phi) is 9.59. The lowest BCUT2D eigenvalue weighted by Crippen LogP contribution is -2.40. The quantitative estimate of drug-likeness (QED) is 0.471. The van der Waals surface area contributed by atoms with E-state index in [-0.39, 0.29) is 24.0 Å². The van der Waals surface area contributed by atoms with Gasteiger partial charge in [-0.25, -0.2) is 0 Å². The third-order valence-corrected chi connectivity index (χ3v) is 2.41. The molecule has 0 aliphatic rings. The molecule has 1 aromatic carbocycles. The number of hydrogen-bond donors (Lipinski definition) is 2. The number of ether oxygens (including phenoxy) is 1. The van der Waals surface area contributed by atoms with Gasteiger partial charge in [0, 0.05) is 26.7 Å². The molecule has 0 radical (unpaired) electrons. The third kappa shape index (κ3) is 7.37. The third-order valence-electron chi connectivity index (χ3n) is 2.41. The maximum absolute atomic E-state index is 5.13. The van der Waals surface area contributed by atoms with Gasteiger partial charge in [0.25, 0.3) is 0 Å². The number of guanidine groups is 1. The molecule has 0 saturated carbocycles. The number of nitrogens with zero attached hydrogens (tertiary/aromatic N) is 1. The Labute approximate surface area is 133 Å². The molecule has 19 heavy (non-hydrogen) atoms. The van der Waals surface area contributed by atoms with E-state index in [1.165, 1.54) is 11.1 Å². The highest BCUT2D eigenvalue weighted by Crippen LogP contribution is 2.06. The fourth-order valence-corrected chi connectivity index (χ4v) is 1.65. The standard InChI is InChI=1S/C14H23N3O.HI/c1-11(2)17-14(15-3)16-9-12-6-5-7-13(8-12)10-18-4;/h5-8,11H,9-10H2,1-4H3,(H2,15,16,17);1H. The van der Waals surface area contributed by atoms with Gasteiger partial charge in [0.2, 0.25) is 0 Å². The minimum absolute atomic E-state index is 0. The molecule has 0 aliphatic carbocycles. The second kappa shape index (κ2) is 10.0. The van der Waals surface area contributed by atoms with Gasteiger partial charge in [0.05, 0.1) is 6.61 Å². The minimum Gasteiger partial charge on any atom is -0.380 e. The van der Waals surface area contributed by atoms with E-state index in [0.717, 1.165) is 12.5 Å². The summed E-state index contributed by atoms with van der Waals surface area (Å²) in [6.45, 7) is 5.58. The maximum atomic E-state index is 5.13. The average Bonchev–Trinajstić information content (AvgIpc) is 2.35. The van der Waals surface area contributed by atoms with Gasteiger partial charge in [0.15, 0.2) is 5.96 Å². The first-order chi connectivity index (χ1) is 8.65. The van der Waals surface area contributed by atoms with Crippen molar-refractivity contribution in [2.75, 3.05) is 14.2 Å². The van der Waals surface area contributed by atoms with Crippen molar-refractivity contribution < 1.29 is 4.74 Å². The molecule has 0 bridgehead atoms. The number of halogens is 1. The Morgan fingerprint density at radius 1 is 1.32 bits per heavy atom. The molecule has 1 aromatic rings. The predicted octanol–water partition coefficient (Wildman–Crippen LogP) is 2.52. The molecule has 0 heterocycles. The van der Waals surface area contributed by atoms with Crippen molar-refractivity contribution in [2.24, 2.45) is 4.99 Å². The first-order valence-electron chi connectivity index (χ1n) is 6.19. The van der Waals surface area contributed by atoms with Gasteiger partial charge in [-0.3, -0.25) is 4.99 Å². The van der Waals surface area contributed by atoms with Gasteiger partial charge >= 0.3 is 0 Å². The molecule has 108 valence electrons. The topological polar surface area (TPSA) is 45.7 Å². The average molecular weight is 377 g/mol. The Balaban J connectivity index is 0.00000324. The molecule has 4 nitrogen and oxygen atoms in total. The molecule has 0 amide bonds. The summed E-state index contributed by atoms with van der Waals surface area (Å²) in [6, 6.07) is 8.71. The van der Waals surface area contributed by atoms with Crippen LogP contribution in [0, 0.1) is 0 Å². The van der Waals surface area contributed by atoms with Crippen molar-refractivity contribution in [3.8, 4) is 0 Å². The van der Waals surface area contributed by atoms with Gasteiger partial charge in [0.1, 0.15) is 0 Å². The highest BCUT2D eigenvalue weighted by Gasteiger charge is 2.00. The lowest BCUT2D eigenvalue weighted by atomic mass is 10.1.